The number of hydrogen-bond donors (Lipinski definition) is 1. The fourth-order valence-corrected chi connectivity index (χ4v) is 2.09. The van der Waals surface area contributed by atoms with E-state index in [-0.39, 0.29) is 0 Å². The number of nitrogens with zero attached hydrogens (tertiary/aromatic N) is 2. The highest BCUT2D eigenvalue weighted by Crippen LogP contribution is 2.18. The predicted molar refractivity (Wildman–Crippen MR) is 75.5 cm³/mol. The van der Waals surface area contributed by atoms with Crippen molar-refractivity contribution in [3.8, 4) is 0 Å². The third kappa shape index (κ3) is 3.10. The van der Waals surface area contributed by atoms with Crippen LogP contribution in [0.4, 0.5) is 0 Å². The molecule has 19 heavy (non-hydrogen) atoms. The summed E-state index contributed by atoms with van der Waals surface area (Å²) in [7, 11) is 0. The van der Waals surface area contributed by atoms with Gasteiger partial charge >= 0.3 is 0 Å². The van der Waals surface area contributed by atoms with Crippen molar-refractivity contribution < 1.29 is 4.79 Å². The Bertz CT molecular complexity index is 612. The maximum absolute atomic E-state index is 10.8. The van der Waals surface area contributed by atoms with E-state index in [1.165, 1.54) is 6.08 Å². The number of hydrogen-bond acceptors (Lipinski definition) is 2. The summed E-state index contributed by atoms with van der Waals surface area (Å²) in [6.45, 7) is 4.85. The number of nitrogens with two attached hydrogens (primary N) is 1. The van der Waals surface area contributed by atoms with Crippen LogP contribution in [-0.4, -0.2) is 15.5 Å². The van der Waals surface area contributed by atoms with Crippen molar-refractivity contribution in [2.45, 2.75) is 20.4 Å². The lowest BCUT2D eigenvalue weighted by molar-refractivity contribution is -0.113. The van der Waals surface area contributed by atoms with E-state index in [4.69, 9.17) is 5.73 Å². The largest absolute Gasteiger partial charge is 0.366 e. The summed E-state index contributed by atoms with van der Waals surface area (Å²) in [4.78, 5) is 14.9. The summed E-state index contributed by atoms with van der Waals surface area (Å²) in [6, 6.07) is 6.02. The first-order valence-electron chi connectivity index (χ1n) is 6.11. The summed E-state index contributed by atoms with van der Waals surface area (Å²) in [6.07, 6.45) is 6.76. The molecule has 0 aliphatic rings. The average molecular weight is 255 g/mol. The third-order valence-electron chi connectivity index (χ3n) is 3.10. The zero-order valence-electron chi connectivity index (χ0n) is 11.1. The van der Waals surface area contributed by atoms with Gasteiger partial charge in [-0.25, -0.2) is 0 Å². The monoisotopic (exact) mass is 255 g/mol. The third-order valence-corrected chi connectivity index (χ3v) is 3.10. The predicted octanol–water partition coefficient (Wildman–Crippen LogP) is 2.05. The minimum absolute atomic E-state index is 0.433. The Labute approximate surface area is 112 Å². The molecular formula is C15H17N3O. The van der Waals surface area contributed by atoms with Crippen LogP contribution < -0.4 is 5.73 Å². The molecule has 0 bridgehead atoms. The van der Waals surface area contributed by atoms with Gasteiger partial charge in [0.05, 0.1) is 0 Å². The summed E-state index contributed by atoms with van der Waals surface area (Å²) in [5, 5.41) is 0. The highest BCUT2D eigenvalue weighted by molar-refractivity contribution is 5.90. The van der Waals surface area contributed by atoms with Crippen molar-refractivity contribution in [3.05, 3.63) is 59.2 Å². The van der Waals surface area contributed by atoms with E-state index in [0.29, 0.717) is 0 Å². The first-order valence-corrected chi connectivity index (χ1v) is 6.11. The van der Waals surface area contributed by atoms with Crippen LogP contribution in [0.25, 0.3) is 6.08 Å². The standard InChI is InChI=1S/C15H17N3O/c1-11-8-14(5-6-15(16)19)12(2)18(11)10-13-4-3-7-17-9-13/h3-9H,10H2,1-2H3,(H2,16,19)/b6-5+. The van der Waals surface area contributed by atoms with Crippen molar-refractivity contribution in [2.24, 2.45) is 5.73 Å². The number of carbonyl (C=O) groups excluding carboxylic acids is 1. The van der Waals surface area contributed by atoms with Gasteiger partial charge in [0.2, 0.25) is 5.91 Å². The number of aromatic nitrogens is 2. The van der Waals surface area contributed by atoms with Crippen LogP contribution in [0.1, 0.15) is 22.5 Å². The Balaban J connectivity index is 2.29. The van der Waals surface area contributed by atoms with Gasteiger partial charge in [-0.3, -0.25) is 9.78 Å². The van der Waals surface area contributed by atoms with E-state index in [1.807, 2.05) is 38.2 Å². The number of pyridine rings is 1. The summed E-state index contributed by atoms with van der Waals surface area (Å²) in [5.74, 6) is -0.433. The normalized spacial score (nSPS) is 11.1. The van der Waals surface area contributed by atoms with Crippen LogP contribution >= 0.6 is 0 Å². The van der Waals surface area contributed by atoms with Gasteiger partial charge < -0.3 is 10.3 Å². The Morgan fingerprint density at radius 1 is 1.47 bits per heavy atom. The lowest BCUT2D eigenvalue weighted by Gasteiger charge is -2.09. The second-order valence-electron chi connectivity index (χ2n) is 4.51. The average Bonchev–Trinajstić information content (AvgIpc) is 2.65. The quantitative estimate of drug-likeness (QED) is 0.850. The summed E-state index contributed by atoms with van der Waals surface area (Å²) in [5.41, 5.74) is 9.53. The number of primary amides is 1. The minimum atomic E-state index is -0.433. The maximum atomic E-state index is 10.8. The van der Waals surface area contributed by atoms with E-state index in [0.717, 1.165) is 29.1 Å². The van der Waals surface area contributed by atoms with Gasteiger partial charge in [-0.2, -0.15) is 0 Å². The molecule has 0 aliphatic carbocycles. The lowest BCUT2D eigenvalue weighted by Crippen LogP contribution is -2.05. The van der Waals surface area contributed by atoms with Crippen molar-refractivity contribution in [1.82, 2.24) is 9.55 Å². The van der Waals surface area contributed by atoms with Crippen molar-refractivity contribution in [3.63, 3.8) is 0 Å². The second-order valence-corrected chi connectivity index (χ2v) is 4.51. The molecule has 0 spiro atoms. The van der Waals surface area contributed by atoms with E-state index >= 15 is 0 Å². The summed E-state index contributed by atoms with van der Waals surface area (Å²) < 4.78 is 2.19. The molecule has 2 rings (SSSR count). The molecular weight excluding hydrogens is 238 g/mol. The fourth-order valence-electron chi connectivity index (χ4n) is 2.09. The Hall–Kier alpha value is -2.36. The van der Waals surface area contributed by atoms with E-state index in [2.05, 4.69) is 9.55 Å². The van der Waals surface area contributed by atoms with Crippen LogP contribution in [0, 0.1) is 13.8 Å². The molecule has 2 aromatic heterocycles. The van der Waals surface area contributed by atoms with Crippen molar-refractivity contribution in [1.29, 1.82) is 0 Å². The molecule has 1 amide bonds. The fraction of sp³-hybridized carbons (Fsp3) is 0.200. The van der Waals surface area contributed by atoms with Crippen LogP contribution in [-0.2, 0) is 11.3 Å². The second kappa shape index (κ2) is 5.52. The van der Waals surface area contributed by atoms with Crippen LogP contribution in [0.15, 0.2) is 36.7 Å². The molecule has 0 unspecified atom stereocenters. The topological polar surface area (TPSA) is 60.9 Å². The van der Waals surface area contributed by atoms with E-state index in [9.17, 15) is 4.79 Å². The molecule has 2 aromatic rings. The van der Waals surface area contributed by atoms with Gasteiger partial charge in [0.1, 0.15) is 0 Å². The molecule has 0 saturated carbocycles. The maximum Gasteiger partial charge on any atom is 0.241 e. The lowest BCUT2D eigenvalue weighted by atomic mass is 10.2. The SMILES string of the molecule is Cc1cc(/C=C/C(N)=O)c(C)n1Cc1cccnc1. The Morgan fingerprint density at radius 3 is 2.89 bits per heavy atom. The first kappa shape index (κ1) is 13.1. The smallest absolute Gasteiger partial charge is 0.241 e. The van der Waals surface area contributed by atoms with Crippen molar-refractivity contribution >= 4 is 12.0 Å². The van der Waals surface area contributed by atoms with Crippen LogP contribution in [0.2, 0.25) is 0 Å². The van der Waals surface area contributed by atoms with Gasteiger partial charge in [-0.15, -0.1) is 0 Å². The number of carbonyl (C=O) groups is 1. The molecule has 0 radical (unpaired) electrons. The number of amides is 1. The molecule has 0 saturated heterocycles. The van der Waals surface area contributed by atoms with E-state index in [1.54, 1.807) is 12.3 Å². The highest BCUT2D eigenvalue weighted by Gasteiger charge is 2.07. The van der Waals surface area contributed by atoms with Gasteiger partial charge in [-0.05, 0) is 43.2 Å². The molecule has 0 aliphatic heterocycles. The first-order chi connectivity index (χ1) is 9.08. The Morgan fingerprint density at radius 2 is 2.26 bits per heavy atom. The zero-order chi connectivity index (χ0) is 13.8. The molecule has 0 atom stereocenters. The molecule has 0 aromatic carbocycles. The molecule has 0 fully saturated rings. The molecule has 2 N–H and O–H groups in total. The molecule has 98 valence electrons. The molecule has 2 heterocycles. The van der Waals surface area contributed by atoms with Gasteiger partial charge in [0, 0.05) is 36.4 Å². The summed E-state index contributed by atoms with van der Waals surface area (Å²) >= 11 is 0. The minimum Gasteiger partial charge on any atom is -0.366 e. The van der Waals surface area contributed by atoms with Crippen molar-refractivity contribution in [2.75, 3.05) is 0 Å². The number of aryl methyl sites for hydroxylation is 1. The number of rotatable bonds is 4. The Kier molecular flexibility index (Phi) is 3.80. The van der Waals surface area contributed by atoms with Crippen LogP contribution in [0.3, 0.4) is 0 Å². The van der Waals surface area contributed by atoms with Crippen LogP contribution in [0.5, 0.6) is 0 Å². The zero-order valence-corrected chi connectivity index (χ0v) is 11.1. The molecule has 4 nitrogen and oxygen atoms in total. The highest BCUT2D eigenvalue weighted by atomic mass is 16.1. The van der Waals surface area contributed by atoms with Gasteiger partial charge in [0.15, 0.2) is 0 Å². The van der Waals surface area contributed by atoms with E-state index < -0.39 is 5.91 Å². The van der Waals surface area contributed by atoms with Gasteiger partial charge in [-0.1, -0.05) is 6.07 Å². The van der Waals surface area contributed by atoms with Gasteiger partial charge in [0.25, 0.3) is 0 Å². The molecule has 4 heteroatoms.